The fourth-order valence-electron chi connectivity index (χ4n) is 2.05. The second-order valence-electron chi connectivity index (χ2n) is 7.36. The van der Waals surface area contributed by atoms with Gasteiger partial charge in [0.2, 0.25) is 0 Å². The molecule has 0 unspecified atom stereocenters. The predicted octanol–water partition coefficient (Wildman–Crippen LogP) is 3.00. The van der Waals surface area contributed by atoms with E-state index in [0.29, 0.717) is 13.0 Å². The monoisotopic (exact) mass is 255 g/mol. The number of carbonyl (C=O) groups excluding carboxylic acids is 2. The molecular weight excluding hydrogens is 230 g/mol. The summed E-state index contributed by atoms with van der Waals surface area (Å²) in [6.45, 7) is 13.5. The third kappa shape index (κ3) is 3.24. The second kappa shape index (κ2) is 4.25. The molecule has 1 heterocycles. The number of hydrogen-bond acceptors (Lipinski definition) is 3. The quantitative estimate of drug-likeness (QED) is 0.668. The Bertz CT molecular complexity index is 364. The Kier molecular flexibility index (Phi) is 3.54. The third-order valence-corrected chi connectivity index (χ3v) is 3.25. The highest BCUT2D eigenvalue weighted by molar-refractivity contribution is 5.88. The Morgan fingerprint density at radius 2 is 1.72 bits per heavy atom. The van der Waals surface area contributed by atoms with Crippen molar-refractivity contribution in [3.8, 4) is 0 Å². The molecule has 1 saturated heterocycles. The lowest BCUT2D eigenvalue weighted by Crippen LogP contribution is -2.60. The minimum atomic E-state index is -0.515. The Morgan fingerprint density at radius 3 is 2.17 bits per heavy atom. The SMILES string of the molecule is CC(C)(C)OC(=O)N1CC(C)(C)C(=O)CC1(C)C. The van der Waals surface area contributed by atoms with Crippen molar-refractivity contribution in [1.29, 1.82) is 0 Å². The maximum atomic E-state index is 12.2. The molecule has 0 spiro atoms. The molecule has 18 heavy (non-hydrogen) atoms. The number of carbonyl (C=O) groups is 2. The zero-order valence-corrected chi connectivity index (χ0v) is 12.6. The zero-order chi connectivity index (χ0) is 14.4. The van der Waals surface area contributed by atoms with E-state index in [1.165, 1.54) is 0 Å². The van der Waals surface area contributed by atoms with Crippen molar-refractivity contribution in [1.82, 2.24) is 4.90 Å². The number of Topliss-reactive ketones (excluding diaryl/α,β-unsaturated/α-hetero) is 1. The van der Waals surface area contributed by atoms with E-state index in [2.05, 4.69) is 0 Å². The third-order valence-electron chi connectivity index (χ3n) is 3.25. The number of piperidine rings is 1. The van der Waals surface area contributed by atoms with Gasteiger partial charge < -0.3 is 9.64 Å². The van der Waals surface area contributed by atoms with Gasteiger partial charge in [-0.3, -0.25) is 4.79 Å². The van der Waals surface area contributed by atoms with Crippen LogP contribution in [0.15, 0.2) is 0 Å². The van der Waals surface area contributed by atoms with Crippen molar-refractivity contribution in [3.63, 3.8) is 0 Å². The molecule has 0 N–H and O–H groups in total. The van der Waals surface area contributed by atoms with Gasteiger partial charge in [0, 0.05) is 23.9 Å². The van der Waals surface area contributed by atoms with Crippen LogP contribution < -0.4 is 0 Å². The van der Waals surface area contributed by atoms with Gasteiger partial charge in [-0.15, -0.1) is 0 Å². The maximum absolute atomic E-state index is 12.2. The van der Waals surface area contributed by atoms with E-state index in [0.717, 1.165) is 0 Å². The maximum Gasteiger partial charge on any atom is 0.410 e. The Hall–Kier alpha value is -1.06. The summed E-state index contributed by atoms with van der Waals surface area (Å²) in [4.78, 5) is 25.9. The van der Waals surface area contributed by atoms with Crippen molar-refractivity contribution in [2.24, 2.45) is 5.41 Å². The van der Waals surface area contributed by atoms with Crippen molar-refractivity contribution < 1.29 is 14.3 Å². The summed E-state index contributed by atoms with van der Waals surface area (Å²) in [6, 6.07) is 0. The van der Waals surface area contributed by atoms with Crippen molar-refractivity contribution >= 4 is 11.9 Å². The van der Waals surface area contributed by atoms with E-state index in [4.69, 9.17) is 4.74 Å². The van der Waals surface area contributed by atoms with E-state index in [1.54, 1.807) is 4.90 Å². The molecular formula is C14H25NO3. The van der Waals surface area contributed by atoms with Gasteiger partial charge in [-0.05, 0) is 34.6 Å². The van der Waals surface area contributed by atoms with E-state index in [-0.39, 0.29) is 11.9 Å². The van der Waals surface area contributed by atoms with Crippen LogP contribution in [0.25, 0.3) is 0 Å². The van der Waals surface area contributed by atoms with Crippen LogP contribution in [-0.4, -0.2) is 34.5 Å². The first-order valence-corrected chi connectivity index (χ1v) is 6.39. The molecule has 0 bridgehead atoms. The molecule has 0 aliphatic carbocycles. The summed E-state index contributed by atoms with van der Waals surface area (Å²) >= 11 is 0. The molecule has 104 valence electrons. The minimum Gasteiger partial charge on any atom is -0.444 e. The van der Waals surface area contributed by atoms with Crippen molar-refractivity contribution in [2.75, 3.05) is 6.54 Å². The van der Waals surface area contributed by atoms with E-state index in [1.807, 2.05) is 48.5 Å². The number of amides is 1. The molecule has 1 aliphatic rings. The van der Waals surface area contributed by atoms with E-state index >= 15 is 0 Å². The summed E-state index contributed by atoms with van der Waals surface area (Å²) in [5, 5.41) is 0. The van der Waals surface area contributed by atoms with Crippen molar-refractivity contribution in [2.45, 2.75) is 66.0 Å². The number of ether oxygens (including phenoxy) is 1. The molecule has 1 aliphatic heterocycles. The first-order chi connectivity index (χ1) is 7.85. The lowest BCUT2D eigenvalue weighted by molar-refractivity contribution is -0.136. The highest BCUT2D eigenvalue weighted by Crippen LogP contribution is 2.35. The lowest BCUT2D eigenvalue weighted by Gasteiger charge is -2.47. The standard InChI is InChI=1S/C14H25NO3/c1-12(2,3)18-11(17)15-9-13(4,5)10(16)8-14(15,6)7/h8-9H2,1-7H3. The van der Waals surface area contributed by atoms with Crippen LogP contribution in [0, 0.1) is 5.41 Å². The van der Waals surface area contributed by atoms with Crippen LogP contribution >= 0.6 is 0 Å². The topological polar surface area (TPSA) is 46.6 Å². The average Bonchev–Trinajstić information content (AvgIpc) is 2.08. The molecule has 0 aromatic carbocycles. The molecule has 0 atom stereocenters. The second-order valence-corrected chi connectivity index (χ2v) is 7.36. The molecule has 0 aromatic heterocycles. The fourth-order valence-corrected chi connectivity index (χ4v) is 2.05. The highest BCUT2D eigenvalue weighted by atomic mass is 16.6. The summed E-state index contributed by atoms with van der Waals surface area (Å²) in [6.07, 6.45) is 0.0345. The fraction of sp³-hybridized carbons (Fsp3) is 0.857. The Labute approximate surface area is 110 Å². The van der Waals surface area contributed by atoms with E-state index in [9.17, 15) is 9.59 Å². The van der Waals surface area contributed by atoms with Crippen LogP contribution in [0.4, 0.5) is 4.79 Å². The summed E-state index contributed by atoms with van der Waals surface area (Å²) < 4.78 is 5.42. The predicted molar refractivity (Wildman–Crippen MR) is 70.4 cm³/mol. The van der Waals surface area contributed by atoms with Gasteiger partial charge >= 0.3 is 6.09 Å². The highest BCUT2D eigenvalue weighted by Gasteiger charge is 2.47. The molecule has 0 aromatic rings. The summed E-state index contributed by atoms with van der Waals surface area (Å²) in [5.41, 5.74) is -1.49. The molecule has 4 nitrogen and oxygen atoms in total. The van der Waals surface area contributed by atoms with E-state index < -0.39 is 16.6 Å². The van der Waals surface area contributed by atoms with Crippen LogP contribution in [0.1, 0.15) is 54.9 Å². The molecule has 4 heteroatoms. The number of ketones is 1. The number of likely N-dealkylation sites (tertiary alicyclic amines) is 1. The Balaban J connectivity index is 2.93. The molecule has 0 radical (unpaired) electrons. The first-order valence-electron chi connectivity index (χ1n) is 6.39. The molecule has 0 saturated carbocycles. The van der Waals surface area contributed by atoms with Crippen molar-refractivity contribution in [3.05, 3.63) is 0 Å². The first kappa shape index (κ1) is 15.0. The lowest BCUT2D eigenvalue weighted by atomic mass is 9.75. The molecule has 1 rings (SSSR count). The normalized spacial score (nSPS) is 22.8. The minimum absolute atomic E-state index is 0.201. The molecule has 1 fully saturated rings. The largest absolute Gasteiger partial charge is 0.444 e. The number of hydrogen-bond donors (Lipinski definition) is 0. The van der Waals surface area contributed by atoms with Crippen LogP contribution in [0.3, 0.4) is 0 Å². The smallest absolute Gasteiger partial charge is 0.410 e. The van der Waals surface area contributed by atoms with Gasteiger partial charge in [0.05, 0.1) is 0 Å². The molecule has 1 amide bonds. The number of rotatable bonds is 0. The van der Waals surface area contributed by atoms with Gasteiger partial charge in [-0.1, -0.05) is 13.8 Å². The average molecular weight is 255 g/mol. The van der Waals surface area contributed by atoms with Gasteiger partial charge in [0.15, 0.2) is 0 Å². The van der Waals surface area contributed by atoms with Crippen LogP contribution in [0.5, 0.6) is 0 Å². The van der Waals surface area contributed by atoms with Crippen LogP contribution in [0.2, 0.25) is 0 Å². The van der Waals surface area contributed by atoms with Gasteiger partial charge in [-0.2, -0.15) is 0 Å². The number of nitrogens with zero attached hydrogens (tertiary/aromatic N) is 1. The summed E-state index contributed by atoms with van der Waals surface area (Å²) in [5.74, 6) is 0.201. The Morgan fingerprint density at radius 1 is 1.22 bits per heavy atom. The van der Waals surface area contributed by atoms with Gasteiger partial charge in [0.1, 0.15) is 11.4 Å². The van der Waals surface area contributed by atoms with Gasteiger partial charge in [-0.25, -0.2) is 4.79 Å². The summed E-state index contributed by atoms with van der Waals surface area (Å²) in [7, 11) is 0. The van der Waals surface area contributed by atoms with Gasteiger partial charge in [0.25, 0.3) is 0 Å². The van der Waals surface area contributed by atoms with Crippen LogP contribution in [-0.2, 0) is 9.53 Å². The zero-order valence-electron chi connectivity index (χ0n) is 12.6.